The molecular weight excluding hydrogens is 563 g/mol. The number of hydrogen-bond donors (Lipinski definition) is 1. The highest BCUT2D eigenvalue weighted by Crippen LogP contribution is 2.41. The minimum Gasteiger partial charge on any atom is -0.478 e. The van der Waals surface area contributed by atoms with E-state index < -0.39 is 12.0 Å². The summed E-state index contributed by atoms with van der Waals surface area (Å²) in [6.45, 7) is 0. The fourth-order valence-electron chi connectivity index (χ4n) is 5.52. The monoisotopic (exact) mass is 582 g/mol. The van der Waals surface area contributed by atoms with Crippen LogP contribution in [0.1, 0.15) is 45.3 Å². The van der Waals surface area contributed by atoms with E-state index in [-0.39, 0.29) is 22.0 Å². The van der Waals surface area contributed by atoms with Crippen molar-refractivity contribution < 1.29 is 18.7 Å². The van der Waals surface area contributed by atoms with E-state index in [0.717, 1.165) is 35.2 Å². The van der Waals surface area contributed by atoms with Gasteiger partial charge in [0.05, 0.1) is 26.9 Å². The van der Waals surface area contributed by atoms with E-state index in [4.69, 9.17) is 21.0 Å². The molecule has 0 radical (unpaired) electrons. The maximum atomic E-state index is 13.9. The quantitative estimate of drug-likeness (QED) is 0.279. The third-order valence-corrected chi connectivity index (χ3v) is 8.74. The molecule has 0 unspecified atom stereocenters. The first-order chi connectivity index (χ1) is 19.9. The summed E-state index contributed by atoms with van der Waals surface area (Å²) >= 11 is 7.41. The fourth-order valence-corrected chi connectivity index (χ4v) is 6.77. The normalized spacial score (nSPS) is 16.1. The number of carbonyl (C=O) groups is 1. The first-order valence-electron chi connectivity index (χ1n) is 12.9. The summed E-state index contributed by atoms with van der Waals surface area (Å²) in [5.41, 5.74) is 5.41. The van der Waals surface area contributed by atoms with E-state index in [1.165, 1.54) is 41.2 Å². The molecule has 7 rings (SSSR count). The summed E-state index contributed by atoms with van der Waals surface area (Å²) in [6, 6.07) is 22.1. The summed E-state index contributed by atoms with van der Waals surface area (Å²) in [5.74, 6) is -0.506. The number of aromatic carboxylic acids is 1. The van der Waals surface area contributed by atoms with Crippen molar-refractivity contribution in [2.24, 2.45) is 4.99 Å². The molecule has 1 atom stereocenters. The number of allylic oxidation sites excluding steroid dienone is 1. The minimum atomic E-state index is -1.11. The van der Waals surface area contributed by atoms with Crippen molar-refractivity contribution in [3.63, 3.8) is 0 Å². The molecule has 1 aliphatic heterocycles. The van der Waals surface area contributed by atoms with Gasteiger partial charge >= 0.3 is 5.97 Å². The standard InChI is InChI=1S/C32H20ClFN2O4S/c33-25-15-19(8-12-23(25)31(38)39)26-14-11-21(40-26)16-27-30(37)36-29(18-5-9-20(34)10-6-18)24-13-7-17-3-1-2-4-22(17)28(24)35-32(36)41-27/h1-6,8-12,14-16,29H,7,13H2,(H,38,39)/b27-16-/t29-/m1/s1. The molecule has 0 bridgehead atoms. The molecule has 1 N–H and O–H groups in total. The number of halogens is 2. The predicted octanol–water partition coefficient (Wildman–Crippen LogP) is 6.07. The molecule has 0 amide bonds. The number of rotatable bonds is 4. The Balaban J connectivity index is 1.36. The van der Waals surface area contributed by atoms with Gasteiger partial charge in [0.2, 0.25) is 0 Å². The van der Waals surface area contributed by atoms with Crippen molar-refractivity contribution >= 4 is 40.7 Å². The lowest BCUT2D eigenvalue weighted by atomic mass is 9.83. The van der Waals surface area contributed by atoms with Gasteiger partial charge in [0, 0.05) is 17.2 Å². The number of furan rings is 1. The van der Waals surface area contributed by atoms with E-state index in [1.54, 1.807) is 41.0 Å². The third-order valence-electron chi connectivity index (χ3n) is 7.44. The van der Waals surface area contributed by atoms with Crippen LogP contribution in [0.15, 0.2) is 98.6 Å². The number of carboxylic acid groups (broad SMARTS) is 1. The van der Waals surface area contributed by atoms with Crippen molar-refractivity contribution in [2.75, 3.05) is 0 Å². The van der Waals surface area contributed by atoms with E-state index >= 15 is 0 Å². The van der Waals surface area contributed by atoms with Crippen molar-refractivity contribution in [1.29, 1.82) is 0 Å². The first kappa shape index (κ1) is 25.4. The molecule has 0 spiro atoms. The number of fused-ring (bicyclic) bond motifs is 3. The molecule has 41 heavy (non-hydrogen) atoms. The Hall–Kier alpha value is -4.53. The second-order valence-electron chi connectivity index (χ2n) is 9.87. The van der Waals surface area contributed by atoms with Crippen LogP contribution >= 0.6 is 22.9 Å². The van der Waals surface area contributed by atoms with Crippen LogP contribution in [0.5, 0.6) is 0 Å². The van der Waals surface area contributed by atoms with Gasteiger partial charge in [-0.2, -0.15) is 0 Å². The summed E-state index contributed by atoms with van der Waals surface area (Å²) < 4.78 is 22.0. The van der Waals surface area contributed by atoms with E-state index in [2.05, 4.69) is 12.1 Å². The average Bonchev–Trinajstić information content (AvgIpc) is 3.56. The van der Waals surface area contributed by atoms with Crippen molar-refractivity contribution in [2.45, 2.75) is 18.9 Å². The lowest BCUT2D eigenvalue weighted by Crippen LogP contribution is -2.38. The van der Waals surface area contributed by atoms with E-state index in [1.807, 2.05) is 12.1 Å². The number of hydrogen-bond acceptors (Lipinski definition) is 5. The van der Waals surface area contributed by atoms with Crippen LogP contribution in [0.3, 0.4) is 0 Å². The number of carboxylic acids is 1. The molecule has 0 fully saturated rings. The van der Waals surface area contributed by atoms with Crippen LogP contribution in [0.2, 0.25) is 5.02 Å². The zero-order valence-corrected chi connectivity index (χ0v) is 22.9. The molecule has 0 saturated heterocycles. The molecule has 3 heterocycles. The zero-order chi connectivity index (χ0) is 28.2. The van der Waals surface area contributed by atoms with Crippen LogP contribution in [-0.2, 0) is 6.42 Å². The van der Waals surface area contributed by atoms with Gasteiger partial charge in [-0.1, -0.05) is 65.4 Å². The number of benzene rings is 3. The van der Waals surface area contributed by atoms with Crippen molar-refractivity contribution in [3.8, 4) is 11.3 Å². The van der Waals surface area contributed by atoms with Gasteiger partial charge in [-0.3, -0.25) is 9.36 Å². The summed E-state index contributed by atoms with van der Waals surface area (Å²) in [4.78, 5) is 30.7. The smallest absolute Gasteiger partial charge is 0.337 e. The van der Waals surface area contributed by atoms with Crippen LogP contribution in [0.25, 0.3) is 23.1 Å². The Morgan fingerprint density at radius 1 is 1.07 bits per heavy atom. The molecule has 1 aliphatic carbocycles. The minimum absolute atomic E-state index is 0.00401. The highest BCUT2D eigenvalue weighted by molar-refractivity contribution is 7.07. The van der Waals surface area contributed by atoms with Gasteiger partial charge in [-0.15, -0.1) is 0 Å². The van der Waals surface area contributed by atoms with Gasteiger partial charge in [0.1, 0.15) is 17.3 Å². The van der Waals surface area contributed by atoms with Crippen LogP contribution in [0.4, 0.5) is 4.39 Å². The maximum absolute atomic E-state index is 13.9. The van der Waals surface area contributed by atoms with Gasteiger partial charge < -0.3 is 9.52 Å². The molecule has 0 saturated carbocycles. The third kappa shape index (κ3) is 4.36. The SMILES string of the molecule is O=C(O)c1ccc(-c2ccc(/C=c3\sc4n(c3=O)[C@H](c3ccc(F)cc3)C3=C(N=4)c4ccccc4CC3)o2)cc1Cl. The predicted molar refractivity (Wildman–Crippen MR) is 155 cm³/mol. The average molecular weight is 583 g/mol. The Bertz CT molecular complexity index is 2090. The van der Waals surface area contributed by atoms with Gasteiger partial charge in [0.25, 0.3) is 5.56 Å². The molecule has 9 heteroatoms. The van der Waals surface area contributed by atoms with Crippen molar-refractivity contribution in [3.05, 3.63) is 143 Å². The second kappa shape index (κ2) is 9.83. The second-order valence-corrected chi connectivity index (χ2v) is 11.3. The summed E-state index contributed by atoms with van der Waals surface area (Å²) in [5, 5.41) is 9.34. The fraction of sp³-hybridized carbons (Fsp3) is 0.0938. The molecule has 202 valence electrons. The first-order valence-corrected chi connectivity index (χ1v) is 14.1. The summed E-state index contributed by atoms with van der Waals surface area (Å²) in [6.07, 6.45) is 3.25. The highest BCUT2D eigenvalue weighted by Gasteiger charge is 2.32. The molecular formula is C32H20ClFN2O4S. The van der Waals surface area contributed by atoms with Gasteiger partial charge in [-0.25, -0.2) is 14.2 Å². The van der Waals surface area contributed by atoms with Crippen molar-refractivity contribution in [1.82, 2.24) is 4.57 Å². The number of nitrogens with zero attached hydrogens (tertiary/aromatic N) is 2. The van der Waals surface area contributed by atoms with Crippen LogP contribution < -0.4 is 14.9 Å². The molecule has 3 aromatic carbocycles. The Morgan fingerprint density at radius 2 is 1.88 bits per heavy atom. The maximum Gasteiger partial charge on any atom is 0.337 e. The Labute approximate surface area is 241 Å². The van der Waals surface area contributed by atoms with E-state index in [9.17, 15) is 19.1 Å². The Morgan fingerprint density at radius 3 is 2.66 bits per heavy atom. The number of aromatic nitrogens is 1. The highest BCUT2D eigenvalue weighted by atomic mass is 35.5. The Kier molecular flexibility index (Phi) is 6.10. The number of aryl methyl sites for hydroxylation is 1. The topological polar surface area (TPSA) is 84.8 Å². The largest absolute Gasteiger partial charge is 0.478 e. The molecule has 2 aromatic heterocycles. The number of thiazole rings is 1. The lowest BCUT2D eigenvalue weighted by molar-refractivity contribution is 0.0697. The van der Waals surface area contributed by atoms with Crippen LogP contribution in [0, 0.1) is 5.82 Å². The van der Waals surface area contributed by atoms with Gasteiger partial charge in [-0.05, 0) is 65.9 Å². The molecule has 6 nitrogen and oxygen atoms in total. The van der Waals surface area contributed by atoms with Gasteiger partial charge in [0.15, 0.2) is 4.80 Å². The van der Waals surface area contributed by atoms with E-state index in [0.29, 0.717) is 26.4 Å². The summed E-state index contributed by atoms with van der Waals surface area (Å²) in [7, 11) is 0. The molecule has 2 aliphatic rings. The molecule has 5 aromatic rings. The zero-order valence-electron chi connectivity index (χ0n) is 21.3. The van der Waals surface area contributed by atoms with Crippen LogP contribution in [-0.4, -0.2) is 15.6 Å². The lowest BCUT2D eigenvalue weighted by Gasteiger charge is -2.30.